The molecular formula is C35H27N5O2S. The van der Waals surface area contributed by atoms with Gasteiger partial charge < -0.3 is 15.0 Å². The van der Waals surface area contributed by atoms with Gasteiger partial charge in [-0.25, -0.2) is 9.10 Å². The lowest BCUT2D eigenvalue weighted by molar-refractivity contribution is 0.253. The summed E-state index contributed by atoms with van der Waals surface area (Å²) in [6.07, 6.45) is 6.94. The fraction of sp³-hybridized carbons (Fsp3) is 0.257. The minimum Gasteiger partial charge on any atom is -0.409 e. The maximum atomic E-state index is 13.2. The summed E-state index contributed by atoms with van der Waals surface area (Å²) >= 11 is 1.03. The number of terminal acetylenes is 1. The first-order valence-electron chi connectivity index (χ1n) is 13.1. The van der Waals surface area contributed by atoms with Crippen molar-refractivity contribution in [3.05, 3.63) is 23.8 Å². The molecule has 1 aromatic carbocycles. The van der Waals surface area contributed by atoms with E-state index in [2.05, 4.69) is 130 Å². The largest absolute Gasteiger partial charge is 0.409 e. The average Bonchev–Trinajstić information content (AvgIpc) is 3.55. The number of anilines is 2. The monoisotopic (exact) mass is 581 g/mol. The second kappa shape index (κ2) is 19.9. The number of nitrogens with one attached hydrogen (secondary N) is 1. The van der Waals surface area contributed by atoms with Gasteiger partial charge in [-0.3, -0.25) is 5.32 Å². The van der Waals surface area contributed by atoms with Crippen LogP contribution in [0.25, 0.3) is 0 Å². The van der Waals surface area contributed by atoms with Crippen molar-refractivity contribution in [2.24, 2.45) is 5.16 Å². The average molecular weight is 582 g/mol. The summed E-state index contributed by atoms with van der Waals surface area (Å²) in [7, 11) is 0. The fourth-order valence-corrected chi connectivity index (χ4v) is 4.52. The fourth-order valence-electron chi connectivity index (χ4n) is 3.59. The van der Waals surface area contributed by atoms with Crippen molar-refractivity contribution in [3.63, 3.8) is 0 Å². The molecule has 0 spiro atoms. The van der Waals surface area contributed by atoms with E-state index in [0.29, 0.717) is 10.9 Å². The number of nitrogens with zero attached hydrogens (tertiary/aromatic N) is 4. The van der Waals surface area contributed by atoms with Crippen molar-refractivity contribution in [2.75, 3.05) is 35.4 Å². The Balaban J connectivity index is 2.11. The lowest BCUT2D eigenvalue weighted by atomic mass is 10.1. The number of benzene rings is 1. The zero-order valence-corrected chi connectivity index (χ0v) is 24.9. The van der Waals surface area contributed by atoms with Gasteiger partial charge in [0, 0.05) is 97.2 Å². The molecule has 2 amide bonds. The number of carbonyl (C=O) groups excluding carboxylic acids is 1. The molecule has 0 saturated carbocycles. The van der Waals surface area contributed by atoms with Crippen molar-refractivity contribution in [3.8, 4) is 107 Å². The predicted octanol–water partition coefficient (Wildman–Crippen LogP) is 3.46. The molecular weight excluding hydrogens is 554 g/mol. The molecule has 1 aromatic rings. The second-order valence-corrected chi connectivity index (χ2v) is 9.09. The highest BCUT2D eigenvalue weighted by Crippen LogP contribution is 2.32. The number of urea groups is 1. The van der Waals surface area contributed by atoms with Crippen LogP contribution in [0.1, 0.15) is 32.3 Å². The Morgan fingerprint density at radius 3 is 1.88 bits per heavy atom. The van der Waals surface area contributed by atoms with Gasteiger partial charge in [-0.1, -0.05) is 5.16 Å². The van der Waals surface area contributed by atoms with Crippen LogP contribution in [0.4, 0.5) is 16.2 Å². The molecule has 0 aromatic heterocycles. The Morgan fingerprint density at radius 1 is 0.907 bits per heavy atom. The number of likely N-dealkylation sites (tertiary alicyclic amines) is 1. The van der Waals surface area contributed by atoms with E-state index in [-0.39, 0.29) is 0 Å². The van der Waals surface area contributed by atoms with Crippen LogP contribution in [0.5, 0.6) is 0 Å². The van der Waals surface area contributed by atoms with E-state index in [1.807, 2.05) is 30.0 Å². The molecule has 1 saturated heterocycles. The molecule has 0 aliphatic carbocycles. The first-order chi connectivity index (χ1) is 21.0. The Labute approximate surface area is 259 Å². The van der Waals surface area contributed by atoms with Crippen molar-refractivity contribution >= 4 is 34.5 Å². The zero-order valence-electron chi connectivity index (χ0n) is 24.1. The SMILES string of the molecule is C#CC#CC#CC#CC#CC#CC#CC#CC#CNC(=O)N(SC(=NO)N1CCCC1)c1ccc(N(CC)CC)cc1C. The molecule has 2 rings (SSSR count). The third-order valence-corrected chi connectivity index (χ3v) is 6.57. The Morgan fingerprint density at radius 2 is 1.42 bits per heavy atom. The molecule has 0 atom stereocenters. The van der Waals surface area contributed by atoms with Crippen LogP contribution in [-0.4, -0.2) is 47.5 Å². The molecule has 1 aliphatic rings. The maximum absolute atomic E-state index is 13.2. The van der Waals surface area contributed by atoms with Gasteiger partial charge in [-0.2, -0.15) is 0 Å². The number of hydrogen-bond donors (Lipinski definition) is 2. The van der Waals surface area contributed by atoms with Crippen molar-refractivity contribution in [2.45, 2.75) is 33.6 Å². The van der Waals surface area contributed by atoms with Gasteiger partial charge in [-0.05, 0) is 105 Å². The summed E-state index contributed by atoms with van der Waals surface area (Å²) < 4.78 is 1.43. The van der Waals surface area contributed by atoms with Crippen molar-refractivity contribution < 1.29 is 10.0 Å². The lowest BCUT2D eigenvalue weighted by Crippen LogP contribution is -2.37. The normalized spacial score (nSPS) is 10.3. The lowest BCUT2D eigenvalue weighted by Gasteiger charge is -2.27. The molecule has 8 heteroatoms. The van der Waals surface area contributed by atoms with E-state index in [1.54, 1.807) is 0 Å². The number of rotatable bonds is 4. The number of carbonyl (C=O) groups is 1. The Bertz CT molecular complexity index is 1770. The van der Waals surface area contributed by atoms with Crippen LogP contribution in [0.2, 0.25) is 0 Å². The quantitative estimate of drug-likeness (QED) is 0.108. The minimum absolute atomic E-state index is 0.334. The van der Waals surface area contributed by atoms with Crippen LogP contribution in [0.15, 0.2) is 23.4 Å². The molecule has 0 radical (unpaired) electrons. The Hall–Kier alpha value is -6.05. The summed E-state index contributed by atoms with van der Waals surface area (Å²) in [5, 5.41) is 16.0. The van der Waals surface area contributed by atoms with Crippen LogP contribution >= 0.6 is 11.9 Å². The maximum Gasteiger partial charge on any atom is 0.344 e. The topological polar surface area (TPSA) is 71.4 Å². The van der Waals surface area contributed by atoms with Gasteiger partial charge in [0.15, 0.2) is 0 Å². The highest BCUT2D eigenvalue weighted by Gasteiger charge is 2.26. The van der Waals surface area contributed by atoms with Crippen LogP contribution in [0, 0.1) is 114 Å². The van der Waals surface area contributed by atoms with Gasteiger partial charge in [0.1, 0.15) is 0 Å². The van der Waals surface area contributed by atoms with Crippen LogP contribution in [-0.2, 0) is 0 Å². The first kappa shape index (κ1) is 33.2. The van der Waals surface area contributed by atoms with Gasteiger partial charge in [0.05, 0.1) is 5.69 Å². The molecule has 0 unspecified atom stereocenters. The van der Waals surface area contributed by atoms with Crippen LogP contribution in [0.3, 0.4) is 0 Å². The molecule has 1 aliphatic heterocycles. The summed E-state index contributed by atoms with van der Waals surface area (Å²) in [6, 6.07) is 7.90. The molecule has 1 fully saturated rings. The zero-order chi connectivity index (χ0) is 31.1. The summed E-state index contributed by atoms with van der Waals surface area (Å²) in [4.78, 5) is 17.4. The van der Waals surface area contributed by atoms with E-state index in [1.165, 1.54) is 4.31 Å². The summed E-state index contributed by atoms with van der Waals surface area (Å²) in [6.45, 7) is 9.35. The molecule has 0 bridgehead atoms. The highest BCUT2D eigenvalue weighted by molar-refractivity contribution is 8.15. The van der Waals surface area contributed by atoms with E-state index in [4.69, 9.17) is 6.42 Å². The third-order valence-electron chi connectivity index (χ3n) is 5.53. The number of amides is 2. The van der Waals surface area contributed by atoms with Crippen LogP contribution < -0.4 is 14.5 Å². The van der Waals surface area contributed by atoms with Crippen molar-refractivity contribution in [1.82, 2.24) is 10.2 Å². The standard InChI is InChI=1S/C35H27N5O2S/c1-5-8-9-10-11-12-13-14-15-16-17-18-19-20-21-22-27-36-34(41)40(43-35(37-42)39-28-23-24-29-39)33-26-25-32(30-31(33)4)38(6-2)7-3/h1,25-26,30,42H,6-7,23-24,28-29H2,2-4H3,(H,36,41). The van der Waals surface area contributed by atoms with E-state index in [9.17, 15) is 10.0 Å². The van der Waals surface area contributed by atoms with E-state index in [0.717, 1.165) is 62.2 Å². The number of aryl methyl sites for hydroxylation is 1. The first-order valence-corrected chi connectivity index (χ1v) is 13.9. The Kier molecular flexibility index (Phi) is 15.4. The van der Waals surface area contributed by atoms with Gasteiger partial charge >= 0.3 is 6.03 Å². The molecule has 2 N–H and O–H groups in total. The molecule has 7 nitrogen and oxygen atoms in total. The summed E-state index contributed by atoms with van der Waals surface area (Å²) in [5.74, 6) is 39.5. The van der Waals surface area contributed by atoms with E-state index >= 15 is 0 Å². The molecule has 210 valence electrons. The van der Waals surface area contributed by atoms with Gasteiger partial charge in [-0.15, -0.1) is 6.42 Å². The van der Waals surface area contributed by atoms with Gasteiger partial charge in [0.25, 0.3) is 0 Å². The smallest absolute Gasteiger partial charge is 0.344 e. The number of oxime groups is 1. The van der Waals surface area contributed by atoms with Gasteiger partial charge in [0.2, 0.25) is 5.17 Å². The summed E-state index contributed by atoms with van der Waals surface area (Å²) in [5.41, 5.74) is 2.58. The third kappa shape index (κ3) is 11.9. The highest BCUT2D eigenvalue weighted by atomic mass is 32.2. The van der Waals surface area contributed by atoms with Crippen molar-refractivity contribution in [1.29, 1.82) is 0 Å². The van der Waals surface area contributed by atoms with E-state index < -0.39 is 6.03 Å². The predicted molar refractivity (Wildman–Crippen MR) is 174 cm³/mol. The molecule has 1 heterocycles. The minimum atomic E-state index is -0.511. The number of hydrogen-bond acceptors (Lipinski definition) is 5. The molecule has 43 heavy (non-hydrogen) atoms. The number of amidine groups is 1. The second-order valence-electron chi connectivity index (χ2n) is 8.18.